The zero-order chi connectivity index (χ0) is 22.8. The number of nitrogens with one attached hydrogen (secondary N) is 1. The lowest BCUT2D eigenvalue weighted by molar-refractivity contribution is 0.121. The monoisotopic (exact) mass is 445 g/mol. The molecule has 4 aromatic rings. The second-order valence-corrected chi connectivity index (χ2v) is 8.43. The first-order valence-corrected chi connectivity index (χ1v) is 11.1. The molecule has 0 saturated carbocycles. The Morgan fingerprint density at radius 1 is 1.06 bits per heavy atom. The Labute approximate surface area is 191 Å². The average molecular weight is 446 g/mol. The number of hydrogen-bond donors (Lipinski definition) is 1. The van der Waals surface area contributed by atoms with E-state index in [4.69, 9.17) is 4.74 Å². The molecular formula is C24H27N7O2. The zero-order valence-corrected chi connectivity index (χ0v) is 18.8. The molecule has 1 aliphatic heterocycles. The van der Waals surface area contributed by atoms with Crippen molar-refractivity contribution in [3.63, 3.8) is 0 Å². The summed E-state index contributed by atoms with van der Waals surface area (Å²) in [6.07, 6.45) is 0. The van der Waals surface area contributed by atoms with E-state index in [9.17, 15) is 4.79 Å². The first-order valence-electron chi connectivity index (χ1n) is 11.1. The van der Waals surface area contributed by atoms with Crippen molar-refractivity contribution < 1.29 is 4.74 Å². The quantitative estimate of drug-likeness (QED) is 0.485. The highest BCUT2D eigenvalue weighted by molar-refractivity contribution is 5.80. The molecule has 0 radical (unpaired) electrons. The van der Waals surface area contributed by atoms with E-state index in [1.165, 1.54) is 0 Å². The van der Waals surface area contributed by atoms with Crippen LogP contribution in [0.1, 0.15) is 23.0 Å². The summed E-state index contributed by atoms with van der Waals surface area (Å²) >= 11 is 0. The second kappa shape index (κ2) is 9.13. The molecule has 5 rings (SSSR count). The van der Waals surface area contributed by atoms with Crippen LogP contribution in [0.15, 0.2) is 59.4 Å². The predicted octanol–water partition coefficient (Wildman–Crippen LogP) is 1.91. The van der Waals surface area contributed by atoms with Gasteiger partial charge in [-0.05, 0) is 46.6 Å². The molecule has 1 aliphatic rings. The van der Waals surface area contributed by atoms with Crippen LogP contribution in [-0.2, 0) is 6.54 Å². The average Bonchev–Trinajstić information content (AvgIpc) is 3.28. The van der Waals surface area contributed by atoms with Crippen LogP contribution >= 0.6 is 0 Å². The third-order valence-corrected chi connectivity index (χ3v) is 6.26. The van der Waals surface area contributed by atoms with Gasteiger partial charge >= 0.3 is 0 Å². The molecule has 9 heteroatoms. The number of methoxy groups -OCH3 is 1. The molecule has 0 bridgehead atoms. The Kier molecular flexibility index (Phi) is 5.89. The normalized spacial score (nSPS) is 16.2. The van der Waals surface area contributed by atoms with E-state index in [2.05, 4.69) is 37.4 Å². The first kappa shape index (κ1) is 21.3. The summed E-state index contributed by atoms with van der Waals surface area (Å²) in [6.45, 7) is 4.01. The maximum absolute atomic E-state index is 13.3. The van der Waals surface area contributed by atoms with Gasteiger partial charge in [0.2, 0.25) is 0 Å². The fourth-order valence-corrected chi connectivity index (χ4v) is 4.38. The molecule has 0 spiro atoms. The highest BCUT2D eigenvalue weighted by Crippen LogP contribution is 2.28. The van der Waals surface area contributed by atoms with Gasteiger partial charge in [0.25, 0.3) is 5.56 Å². The van der Waals surface area contributed by atoms with Crippen LogP contribution in [0.3, 0.4) is 0 Å². The maximum Gasteiger partial charge on any atom is 0.253 e. The number of ether oxygens (including phenoxy) is 1. The van der Waals surface area contributed by atoms with Crippen LogP contribution in [0.4, 0.5) is 0 Å². The third kappa shape index (κ3) is 4.37. The van der Waals surface area contributed by atoms with Crippen molar-refractivity contribution in [3.8, 4) is 5.75 Å². The lowest BCUT2D eigenvalue weighted by atomic mass is 10.0. The smallest absolute Gasteiger partial charge is 0.253 e. The lowest BCUT2D eigenvalue weighted by Gasteiger charge is -2.37. The molecule has 2 aromatic heterocycles. The molecular weight excluding hydrogens is 418 g/mol. The fourth-order valence-electron chi connectivity index (χ4n) is 4.38. The van der Waals surface area contributed by atoms with Gasteiger partial charge in [-0.2, -0.15) is 0 Å². The Morgan fingerprint density at radius 3 is 2.61 bits per heavy atom. The van der Waals surface area contributed by atoms with Crippen LogP contribution < -0.4 is 10.3 Å². The summed E-state index contributed by atoms with van der Waals surface area (Å²) in [4.78, 5) is 21.0. The molecule has 9 nitrogen and oxygen atoms in total. The zero-order valence-electron chi connectivity index (χ0n) is 18.8. The predicted molar refractivity (Wildman–Crippen MR) is 125 cm³/mol. The Hall–Kier alpha value is -3.56. The number of fused-ring (bicyclic) bond motifs is 1. The summed E-state index contributed by atoms with van der Waals surface area (Å²) in [7, 11) is 3.73. The van der Waals surface area contributed by atoms with Gasteiger partial charge in [0, 0.05) is 37.8 Å². The van der Waals surface area contributed by atoms with Gasteiger partial charge in [0.15, 0.2) is 5.82 Å². The van der Waals surface area contributed by atoms with Crippen LogP contribution in [0, 0.1) is 0 Å². The van der Waals surface area contributed by atoms with Gasteiger partial charge in [0.1, 0.15) is 11.8 Å². The molecule has 33 heavy (non-hydrogen) atoms. The molecule has 1 fully saturated rings. The molecule has 0 aliphatic carbocycles. The van der Waals surface area contributed by atoms with E-state index < -0.39 is 0 Å². The number of pyridine rings is 1. The minimum Gasteiger partial charge on any atom is -0.497 e. The number of benzene rings is 2. The number of likely N-dealkylation sites (N-methyl/N-ethyl adjacent to an activating group) is 1. The van der Waals surface area contributed by atoms with Gasteiger partial charge < -0.3 is 14.6 Å². The molecule has 1 unspecified atom stereocenters. The number of rotatable bonds is 6. The Bertz CT molecular complexity index is 1290. The fraction of sp³-hybridized carbons (Fsp3) is 0.333. The molecule has 170 valence electrons. The number of nitrogens with zero attached hydrogens (tertiary/aromatic N) is 6. The SMILES string of the molecule is COc1ccc2cc(C(c3nnnn3Cc3ccccc3)N3CCN(C)CC3)c(=O)[nH]c2c1. The Balaban J connectivity index is 1.60. The van der Waals surface area contributed by atoms with Crippen molar-refractivity contribution in [3.05, 3.63) is 81.9 Å². The third-order valence-electron chi connectivity index (χ3n) is 6.26. The summed E-state index contributed by atoms with van der Waals surface area (Å²) in [6, 6.07) is 17.4. The summed E-state index contributed by atoms with van der Waals surface area (Å²) in [5.74, 6) is 1.37. The van der Waals surface area contributed by atoms with Crippen molar-refractivity contribution in [1.82, 2.24) is 35.0 Å². The molecule has 1 atom stereocenters. The van der Waals surface area contributed by atoms with E-state index in [-0.39, 0.29) is 11.6 Å². The molecule has 0 amide bonds. The molecule has 1 N–H and O–H groups in total. The van der Waals surface area contributed by atoms with E-state index in [1.54, 1.807) is 11.8 Å². The van der Waals surface area contributed by atoms with Gasteiger partial charge in [-0.15, -0.1) is 5.10 Å². The standard InChI is InChI=1S/C24H27N7O2/c1-29-10-12-30(13-11-29)22(23-26-27-28-31(23)16-17-6-4-3-5-7-17)20-14-18-8-9-19(33-2)15-21(18)25-24(20)32/h3-9,14-15,22H,10-13,16H2,1-2H3,(H,25,32). The van der Waals surface area contributed by atoms with Gasteiger partial charge in [-0.3, -0.25) is 9.69 Å². The van der Waals surface area contributed by atoms with E-state index >= 15 is 0 Å². The summed E-state index contributed by atoms with van der Waals surface area (Å²) < 4.78 is 7.11. The Morgan fingerprint density at radius 2 is 1.85 bits per heavy atom. The van der Waals surface area contributed by atoms with Gasteiger partial charge in [-0.1, -0.05) is 30.3 Å². The number of H-pyrrole nitrogens is 1. The summed E-state index contributed by atoms with van der Waals surface area (Å²) in [5.41, 5.74) is 2.34. The largest absolute Gasteiger partial charge is 0.497 e. The van der Waals surface area contributed by atoms with Crippen LogP contribution in [0.2, 0.25) is 0 Å². The first-order chi connectivity index (χ1) is 16.1. The topological polar surface area (TPSA) is 92.2 Å². The number of aromatic nitrogens is 5. The minimum atomic E-state index is -0.354. The summed E-state index contributed by atoms with van der Waals surface area (Å²) in [5, 5.41) is 13.6. The number of piperazine rings is 1. The van der Waals surface area contributed by atoms with E-state index in [0.29, 0.717) is 23.7 Å². The second-order valence-electron chi connectivity index (χ2n) is 8.43. The molecule has 1 saturated heterocycles. The van der Waals surface area contributed by atoms with Crippen molar-refractivity contribution in [1.29, 1.82) is 0 Å². The number of hydrogen-bond acceptors (Lipinski definition) is 7. The molecule has 3 heterocycles. The van der Waals surface area contributed by atoms with Gasteiger partial charge in [-0.25, -0.2) is 4.68 Å². The van der Waals surface area contributed by atoms with Gasteiger partial charge in [0.05, 0.1) is 19.2 Å². The van der Waals surface area contributed by atoms with Crippen LogP contribution in [0.5, 0.6) is 5.75 Å². The minimum absolute atomic E-state index is 0.144. The highest BCUT2D eigenvalue weighted by atomic mass is 16.5. The van der Waals surface area contributed by atoms with Crippen molar-refractivity contribution in [2.45, 2.75) is 12.6 Å². The van der Waals surface area contributed by atoms with E-state index in [1.807, 2.05) is 54.6 Å². The van der Waals surface area contributed by atoms with Crippen LogP contribution in [0.25, 0.3) is 10.9 Å². The number of aromatic amines is 1. The van der Waals surface area contributed by atoms with Crippen molar-refractivity contribution in [2.24, 2.45) is 0 Å². The maximum atomic E-state index is 13.3. The van der Waals surface area contributed by atoms with Crippen molar-refractivity contribution >= 4 is 10.9 Å². The lowest BCUT2D eigenvalue weighted by Crippen LogP contribution is -2.47. The van der Waals surface area contributed by atoms with Crippen molar-refractivity contribution in [2.75, 3.05) is 40.3 Å². The highest BCUT2D eigenvalue weighted by Gasteiger charge is 2.32. The number of tetrazole rings is 1. The van der Waals surface area contributed by atoms with E-state index in [0.717, 1.165) is 42.6 Å². The molecule has 2 aromatic carbocycles. The van der Waals surface area contributed by atoms with Crippen LogP contribution in [-0.4, -0.2) is 75.3 Å².